The lowest BCUT2D eigenvalue weighted by molar-refractivity contribution is -0.152. The molecule has 0 saturated carbocycles. The largest absolute Gasteiger partial charge is 0.466 e. The standard InChI is InChI=1S/C25H27NO4/c1-3-28-23(27)17-25(15-13-19-9-7-8-12-21(19)25)29-16-14-22-18(2)30-24(26-22)20-10-5-4-6-11-20/h4-12H,3,13-17H2,1-2H3. The molecule has 30 heavy (non-hydrogen) atoms. The van der Waals surface area contributed by atoms with Crippen molar-refractivity contribution < 1.29 is 18.7 Å². The van der Waals surface area contributed by atoms with Crippen molar-refractivity contribution in [1.29, 1.82) is 0 Å². The number of esters is 1. The summed E-state index contributed by atoms with van der Waals surface area (Å²) < 4.78 is 17.5. The van der Waals surface area contributed by atoms with Crippen LogP contribution in [0, 0.1) is 6.92 Å². The molecule has 5 heteroatoms. The lowest BCUT2D eigenvalue weighted by Gasteiger charge is -2.30. The molecule has 0 bridgehead atoms. The molecule has 1 aliphatic rings. The zero-order valence-electron chi connectivity index (χ0n) is 17.5. The van der Waals surface area contributed by atoms with E-state index < -0.39 is 5.60 Å². The molecule has 0 aliphatic heterocycles. The molecule has 1 aliphatic carbocycles. The van der Waals surface area contributed by atoms with Crippen LogP contribution in [-0.2, 0) is 32.7 Å². The summed E-state index contributed by atoms with van der Waals surface area (Å²) >= 11 is 0. The van der Waals surface area contributed by atoms with Crippen LogP contribution in [0.5, 0.6) is 0 Å². The molecule has 0 saturated heterocycles. The normalized spacial score (nSPS) is 17.7. The summed E-state index contributed by atoms with van der Waals surface area (Å²) in [5.74, 6) is 1.19. The van der Waals surface area contributed by atoms with Gasteiger partial charge in [-0.3, -0.25) is 4.79 Å². The van der Waals surface area contributed by atoms with E-state index in [1.807, 2.05) is 56.3 Å². The second-order valence-corrected chi connectivity index (χ2v) is 7.62. The van der Waals surface area contributed by atoms with Gasteiger partial charge in [0.15, 0.2) is 0 Å². The third kappa shape index (κ3) is 4.17. The van der Waals surface area contributed by atoms with Crippen LogP contribution in [0.3, 0.4) is 0 Å². The fourth-order valence-electron chi connectivity index (χ4n) is 4.19. The minimum Gasteiger partial charge on any atom is -0.466 e. The van der Waals surface area contributed by atoms with Crippen LogP contribution in [0.15, 0.2) is 59.0 Å². The highest BCUT2D eigenvalue weighted by Gasteiger charge is 2.42. The van der Waals surface area contributed by atoms with Crippen molar-refractivity contribution >= 4 is 5.97 Å². The first kappa shape index (κ1) is 20.4. The molecule has 1 heterocycles. The van der Waals surface area contributed by atoms with E-state index in [0.29, 0.717) is 25.5 Å². The van der Waals surface area contributed by atoms with Gasteiger partial charge in [0.1, 0.15) is 11.4 Å². The minimum absolute atomic E-state index is 0.224. The van der Waals surface area contributed by atoms with Gasteiger partial charge < -0.3 is 13.9 Å². The molecule has 0 amide bonds. The first-order valence-electron chi connectivity index (χ1n) is 10.5. The molecule has 1 aromatic heterocycles. The summed E-state index contributed by atoms with van der Waals surface area (Å²) in [5, 5.41) is 0. The average molecular weight is 405 g/mol. The van der Waals surface area contributed by atoms with Crippen molar-refractivity contribution in [1.82, 2.24) is 4.98 Å². The third-order valence-corrected chi connectivity index (χ3v) is 5.67. The number of aromatic nitrogens is 1. The number of carbonyl (C=O) groups excluding carboxylic acids is 1. The van der Waals surface area contributed by atoms with Crippen molar-refractivity contribution in [2.45, 2.75) is 45.1 Å². The quantitative estimate of drug-likeness (QED) is 0.493. The van der Waals surface area contributed by atoms with Crippen LogP contribution < -0.4 is 0 Å². The molecule has 0 N–H and O–H groups in total. The number of hydrogen-bond acceptors (Lipinski definition) is 5. The van der Waals surface area contributed by atoms with E-state index in [0.717, 1.165) is 35.4 Å². The van der Waals surface area contributed by atoms with Gasteiger partial charge in [-0.25, -0.2) is 4.98 Å². The van der Waals surface area contributed by atoms with Crippen LogP contribution in [0.25, 0.3) is 11.5 Å². The number of fused-ring (bicyclic) bond motifs is 1. The van der Waals surface area contributed by atoms with Gasteiger partial charge in [0, 0.05) is 12.0 Å². The summed E-state index contributed by atoms with van der Waals surface area (Å²) in [5.41, 5.74) is 3.54. The van der Waals surface area contributed by atoms with Gasteiger partial charge >= 0.3 is 5.97 Å². The maximum absolute atomic E-state index is 12.3. The average Bonchev–Trinajstić information content (AvgIpc) is 3.30. The molecule has 1 unspecified atom stereocenters. The Morgan fingerprint density at radius 3 is 2.70 bits per heavy atom. The Balaban J connectivity index is 1.49. The molecule has 3 aromatic rings. The Morgan fingerprint density at radius 2 is 1.90 bits per heavy atom. The molecular weight excluding hydrogens is 378 g/mol. The van der Waals surface area contributed by atoms with E-state index in [1.54, 1.807) is 0 Å². The number of aryl methyl sites for hydroxylation is 2. The minimum atomic E-state index is -0.636. The monoisotopic (exact) mass is 405 g/mol. The second-order valence-electron chi connectivity index (χ2n) is 7.62. The maximum atomic E-state index is 12.3. The van der Waals surface area contributed by atoms with Crippen molar-refractivity contribution in [2.75, 3.05) is 13.2 Å². The summed E-state index contributed by atoms with van der Waals surface area (Å²) in [6, 6.07) is 18.1. The smallest absolute Gasteiger partial charge is 0.309 e. The number of ether oxygens (including phenoxy) is 2. The van der Waals surface area contributed by atoms with E-state index in [2.05, 4.69) is 17.1 Å². The highest BCUT2D eigenvalue weighted by molar-refractivity contribution is 5.71. The Bertz CT molecular complexity index is 1010. The van der Waals surface area contributed by atoms with E-state index in [9.17, 15) is 4.79 Å². The topological polar surface area (TPSA) is 61.6 Å². The third-order valence-electron chi connectivity index (χ3n) is 5.67. The zero-order chi connectivity index (χ0) is 21.0. The number of rotatable bonds is 8. The number of hydrogen-bond donors (Lipinski definition) is 0. The van der Waals surface area contributed by atoms with Gasteiger partial charge in [-0.1, -0.05) is 42.5 Å². The van der Waals surface area contributed by atoms with Gasteiger partial charge in [-0.15, -0.1) is 0 Å². The van der Waals surface area contributed by atoms with Gasteiger partial charge in [-0.05, 0) is 49.9 Å². The van der Waals surface area contributed by atoms with E-state index in [-0.39, 0.29) is 12.4 Å². The summed E-state index contributed by atoms with van der Waals surface area (Å²) in [6.07, 6.45) is 2.52. The Hall–Kier alpha value is -2.92. The summed E-state index contributed by atoms with van der Waals surface area (Å²) in [7, 11) is 0. The molecule has 2 aromatic carbocycles. The molecule has 5 nitrogen and oxygen atoms in total. The Labute approximate surface area is 177 Å². The highest BCUT2D eigenvalue weighted by atomic mass is 16.5. The summed E-state index contributed by atoms with van der Waals surface area (Å²) in [4.78, 5) is 17.0. The lowest BCUT2D eigenvalue weighted by atomic mass is 9.92. The lowest BCUT2D eigenvalue weighted by Crippen LogP contribution is -2.32. The molecule has 0 fully saturated rings. The molecule has 0 radical (unpaired) electrons. The van der Waals surface area contributed by atoms with Crippen molar-refractivity contribution in [2.24, 2.45) is 0 Å². The highest BCUT2D eigenvalue weighted by Crippen LogP contribution is 2.43. The van der Waals surface area contributed by atoms with Crippen molar-refractivity contribution in [3.63, 3.8) is 0 Å². The maximum Gasteiger partial charge on any atom is 0.309 e. The number of oxazole rings is 1. The van der Waals surface area contributed by atoms with Gasteiger partial charge in [0.25, 0.3) is 0 Å². The van der Waals surface area contributed by atoms with Crippen LogP contribution in [0.1, 0.15) is 42.3 Å². The number of carbonyl (C=O) groups is 1. The van der Waals surface area contributed by atoms with Crippen LogP contribution in [0.4, 0.5) is 0 Å². The van der Waals surface area contributed by atoms with Crippen LogP contribution in [0.2, 0.25) is 0 Å². The van der Waals surface area contributed by atoms with E-state index >= 15 is 0 Å². The Kier molecular flexibility index (Phi) is 6.00. The number of nitrogens with zero attached hydrogens (tertiary/aromatic N) is 1. The van der Waals surface area contributed by atoms with Crippen LogP contribution in [-0.4, -0.2) is 24.2 Å². The first-order chi connectivity index (χ1) is 14.6. The zero-order valence-corrected chi connectivity index (χ0v) is 17.5. The molecular formula is C25H27NO4. The van der Waals surface area contributed by atoms with Crippen LogP contribution >= 0.6 is 0 Å². The molecule has 0 spiro atoms. The van der Waals surface area contributed by atoms with Gasteiger partial charge in [-0.2, -0.15) is 0 Å². The van der Waals surface area contributed by atoms with Gasteiger partial charge in [0.2, 0.25) is 5.89 Å². The van der Waals surface area contributed by atoms with Gasteiger partial charge in [0.05, 0.1) is 25.3 Å². The predicted octanol–water partition coefficient (Wildman–Crippen LogP) is 5.00. The number of benzene rings is 2. The molecule has 156 valence electrons. The van der Waals surface area contributed by atoms with E-state index in [4.69, 9.17) is 13.9 Å². The summed E-state index contributed by atoms with van der Waals surface area (Å²) in [6.45, 7) is 4.58. The SMILES string of the molecule is CCOC(=O)CC1(OCCc2nc(-c3ccccc3)oc2C)CCc2ccccc21. The first-order valence-corrected chi connectivity index (χ1v) is 10.5. The van der Waals surface area contributed by atoms with Crippen molar-refractivity contribution in [3.8, 4) is 11.5 Å². The molecule has 1 atom stereocenters. The fourth-order valence-corrected chi connectivity index (χ4v) is 4.19. The fraction of sp³-hybridized carbons (Fsp3) is 0.360. The predicted molar refractivity (Wildman–Crippen MR) is 114 cm³/mol. The van der Waals surface area contributed by atoms with E-state index in [1.165, 1.54) is 5.56 Å². The molecule has 4 rings (SSSR count). The Morgan fingerprint density at radius 1 is 1.13 bits per heavy atom. The van der Waals surface area contributed by atoms with Crippen molar-refractivity contribution in [3.05, 3.63) is 77.2 Å². The second kappa shape index (κ2) is 8.84.